The number of fused-ring (bicyclic) bond motifs is 1. The maximum absolute atomic E-state index is 11.7. The van der Waals surface area contributed by atoms with Gasteiger partial charge in [-0.1, -0.05) is 22.9 Å². The lowest BCUT2D eigenvalue weighted by Crippen LogP contribution is -2.04. The summed E-state index contributed by atoms with van der Waals surface area (Å²) < 4.78 is 9.42. The molecule has 2 rings (SSSR count). The molecule has 0 N–H and O–H groups in total. The molecule has 0 amide bonds. The van der Waals surface area contributed by atoms with E-state index in [4.69, 9.17) is 16.3 Å². The fourth-order valence-electron chi connectivity index (χ4n) is 1.71. The Morgan fingerprint density at radius 3 is 2.68 bits per heavy atom. The molecule has 0 radical (unpaired) electrons. The summed E-state index contributed by atoms with van der Waals surface area (Å²) in [6.07, 6.45) is 0. The summed E-state index contributed by atoms with van der Waals surface area (Å²) in [5.74, 6) is -1.55. The molecular weight excluding hydrogens is 336 g/mol. The monoisotopic (exact) mass is 344 g/mol. The van der Waals surface area contributed by atoms with Gasteiger partial charge in [-0.05, 0) is 6.92 Å². The Labute approximate surface area is 132 Å². The van der Waals surface area contributed by atoms with Crippen LogP contribution in [0.3, 0.4) is 0 Å². The molecule has 1 aromatic carbocycles. The number of hydrogen-bond donors (Lipinski definition) is 0. The van der Waals surface area contributed by atoms with E-state index in [0.717, 1.165) is 24.5 Å². The topological polar surface area (TPSA) is 109 Å². The average molecular weight is 345 g/mol. The van der Waals surface area contributed by atoms with E-state index in [-0.39, 0.29) is 38.1 Å². The van der Waals surface area contributed by atoms with Gasteiger partial charge in [0.1, 0.15) is 10.2 Å². The molecule has 116 valence electrons. The second-order valence-corrected chi connectivity index (χ2v) is 5.30. The molecular formula is C12H9ClN2O6S. The van der Waals surface area contributed by atoms with Crippen LogP contribution in [-0.4, -0.2) is 35.6 Å². The summed E-state index contributed by atoms with van der Waals surface area (Å²) in [6.45, 7) is 1.76. The molecule has 8 nitrogen and oxygen atoms in total. The van der Waals surface area contributed by atoms with Gasteiger partial charge in [0.2, 0.25) is 5.01 Å². The number of ether oxygens (including phenoxy) is 2. The van der Waals surface area contributed by atoms with Crippen LogP contribution in [0.25, 0.3) is 10.2 Å². The fraction of sp³-hybridized carbons (Fsp3) is 0.250. The van der Waals surface area contributed by atoms with Gasteiger partial charge in [0, 0.05) is 6.07 Å². The predicted octanol–water partition coefficient (Wildman–Crippen LogP) is 2.82. The molecule has 0 bridgehead atoms. The van der Waals surface area contributed by atoms with Crippen LogP contribution in [0.15, 0.2) is 6.07 Å². The second-order valence-electron chi connectivity index (χ2n) is 3.92. The van der Waals surface area contributed by atoms with Crippen LogP contribution < -0.4 is 0 Å². The van der Waals surface area contributed by atoms with Gasteiger partial charge in [-0.2, -0.15) is 0 Å². The summed E-state index contributed by atoms with van der Waals surface area (Å²) in [6, 6.07) is 1.00. The number of hydrogen-bond acceptors (Lipinski definition) is 8. The molecule has 0 unspecified atom stereocenters. The second kappa shape index (κ2) is 6.24. The third-order valence-corrected chi connectivity index (χ3v) is 4.08. The van der Waals surface area contributed by atoms with Crippen molar-refractivity contribution in [3.05, 3.63) is 31.8 Å². The van der Waals surface area contributed by atoms with Crippen molar-refractivity contribution in [1.82, 2.24) is 4.98 Å². The maximum Gasteiger partial charge on any atom is 0.367 e. The van der Waals surface area contributed by atoms with E-state index in [0.29, 0.717) is 0 Å². The highest BCUT2D eigenvalue weighted by Gasteiger charge is 2.27. The Kier molecular flexibility index (Phi) is 4.57. The van der Waals surface area contributed by atoms with Gasteiger partial charge >= 0.3 is 11.9 Å². The summed E-state index contributed by atoms with van der Waals surface area (Å²) >= 11 is 6.83. The third-order valence-electron chi connectivity index (χ3n) is 2.64. The number of methoxy groups -OCH3 is 1. The quantitative estimate of drug-likeness (QED) is 0.476. The number of benzene rings is 1. The summed E-state index contributed by atoms with van der Waals surface area (Å²) in [4.78, 5) is 37.8. The largest absolute Gasteiger partial charge is 0.465 e. The highest BCUT2D eigenvalue weighted by molar-refractivity contribution is 7.20. The third kappa shape index (κ3) is 2.72. The van der Waals surface area contributed by atoms with Crippen molar-refractivity contribution in [2.75, 3.05) is 13.7 Å². The lowest BCUT2D eigenvalue weighted by Gasteiger charge is -2.03. The van der Waals surface area contributed by atoms with Crippen LogP contribution in [0, 0.1) is 10.1 Å². The number of nitro benzene ring substituents is 1. The van der Waals surface area contributed by atoms with Crippen LogP contribution >= 0.6 is 22.9 Å². The van der Waals surface area contributed by atoms with Crippen molar-refractivity contribution in [1.29, 1.82) is 0 Å². The molecule has 0 atom stereocenters. The van der Waals surface area contributed by atoms with Gasteiger partial charge in [-0.25, -0.2) is 14.6 Å². The van der Waals surface area contributed by atoms with Crippen molar-refractivity contribution >= 4 is 50.8 Å². The molecule has 0 aliphatic heterocycles. The molecule has 0 aliphatic carbocycles. The Hall–Kier alpha value is -2.26. The first-order valence-electron chi connectivity index (χ1n) is 5.93. The van der Waals surface area contributed by atoms with E-state index in [1.54, 1.807) is 6.92 Å². The number of aromatic nitrogens is 1. The van der Waals surface area contributed by atoms with Crippen molar-refractivity contribution in [3.8, 4) is 0 Å². The van der Waals surface area contributed by atoms with Gasteiger partial charge in [0.05, 0.1) is 29.2 Å². The first kappa shape index (κ1) is 16.1. The lowest BCUT2D eigenvalue weighted by molar-refractivity contribution is -0.382. The zero-order chi connectivity index (χ0) is 16.4. The van der Waals surface area contributed by atoms with Gasteiger partial charge in [0.15, 0.2) is 0 Å². The standard InChI is InChI=1S/C12H9ClN2O6S/c1-3-21-12(17)10-14-8-7(13)5(11(16)20-2)4-6(15(18)19)9(8)22-10/h4H,3H2,1-2H3. The van der Waals surface area contributed by atoms with Gasteiger partial charge < -0.3 is 9.47 Å². The molecule has 10 heteroatoms. The van der Waals surface area contributed by atoms with E-state index in [1.165, 1.54) is 0 Å². The SMILES string of the molecule is CCOC(=O)c1nc2c(Cl)c(C(=O)OC)cc([N+](=O)[O-])c2s1. The van der Waals surface area contributed by atoms with Crippen LogP contribution in [0.2, 0.25) is 5.02 Å². The molecule has 1 heterocycles. The summed E-state index contributed by atoms with van der Waals surface area (Å²) in [7, 11) is 1.12. The molecule has 0 saturated carbocycles. The molecule has 1 aromatic heterocycles. The zero-order valence-electron chi connectivity index (χ0n) is 11.4. The molecule has 0 spiro atoms. The smallest absolute Gasteiger partial charge is 0.367 e. The molecule has 0 saturated heterocycles. The van der Waals surface area contributed by atoms with E-state index in [9.17, 15) is 19.7 Å². The van der Waals surface area contributed by atoms with Crippen LogP contribution in [0.1, 0.15) is 27.1 Å². The Morgan fingerprint density at radius 1 is 1.45 bits per heavy atom. The van der Waals surface area contributed by atoms with E-state index < -0.39 is 16.9 Å². The van der Waals surface area contributed by atoms with Crippen LogP contribution in [0.4, 0.5) is 5.69 Å². The van der Waals surface area contributed by atoms with Crippen molar-refractivity contribution in [2.24, 2.45) is 0 Å². The number of rotatable bonds is 4. The van der Waals surface area contributed by atoms with Gasteiger partial charge in [0.25, 0.3) is 5.69 Å². The first-order chi connectivity index (χ1) is 10.4. The number of halogens is 1. The number of esters is 2. The molecule has 22 heavy (non-hydrogen) atoms. The number of carbonyl (C=O) groups excluding carboxylic acids is 2. The van der Waals surface area contributed by atoms with E-state index in [2.05, 4.69) is 9.72 Å². The summed E-state index contributed by atoms with van der Waals surface area (Å²) in [5, 5.41) is 11.0. The maximum atomic E-state index is 11.7. The molecule has 0 aliphatic rings. The Morgan fingerprint density at radius 2 is 2.14 bits per heavy atom. The van der Waals surface area contributed by atoms with Crippen LogP contribution in [0.5, 0.6) is 0 Å². The number of nitrogens with zero attached hydrogens (tertiary/aromatic N) is 2. The summed E-state index contributed by atoms with van der Waals surface area (Å²) in [5.41, 5.74) is -0.582. The fourth-order valence-corrected chi connectivity index (χ4v) is 2.99. The number of nitro groups is 1. The van der Waals surface area contributed by atoms with Crippen molar-refractivity contribution in [3.63, 3.8) is 0 Å². The van der Waals surface area contributed by atoms with Crippen molar-refractivity contribution in [2.45, 2.75) is 6.92 Å². The van der Waals surface area contributed by atoms with Crippen LogP contribution in [-0.2, 0) is 9.47 Å². The lowest BCUT2D eigenvalue weighted by atomic mass is 10.2. The minimum atomic E-state index is -0.833. The number of thiazole rings is 1. The highest BCUT2D eigenvalue weighted by Crippen LogP contribution is 2.38. The Bertz CT molecular complexity index is 788. The molecule has 2 aromatic rings. The van der Waals surface area contributed by atoms with Gasteiger partial charge in [-0.15, -0.1) is 0 Å². The zero-order valence-corrected chi connectivity index (χ0v) is 13.0. The van der Waals surface area contributed by atoms with Gasteiger partial charge in [-0.3, -0.25) is 10.1 Å². The van der Waals surface area contributed by atoms with Crippen molar-refractivity contribution < 1.29 is 24.0 Å². The number of carbonyl (C=O) groups is 2. The average Bonchev–Trinajstić information content (AvgIpc) is 2.92. The number of non-ortho nitro benzene ring substituents is 1. The van der Waals surface area contributed by atoms with E-state index in [1.807, 2.05) is 0 Å². The predicted molar refractivity (Wildman–Crippen MR) is 78.6 cm³/mol. The highest BCUT2D eigenvalue weighted by atomic mass is 35.5. The van der Waals surface area contributed by atoms with E-state index >= 15 is 0 Å². The Balaban J connectivity index is 2.75. The molecule has 0 fully saturated rings. The minimum Gasteiger partial charge on any atom is -0.465 e. The normalized spacial score (nSPS) is 10.5. The minimum absolute atomic E-state index is 0.00989. The first-order valence-corrected chi connectivity index (χ1v) is 7.13.